The Morgan fingerprint density at radius 3 is 2.47 bits per heavy atom. The van der Waals surface area contributed by atoms with Crippen molar-refractivity contribution in [2.45, 2.75) is 63.7 Å². The minimum atomic E-state index is 0.178. The van der Waals surface area contributed by atoms with Crippen LogP contribution in [0.4, 0.5) is 0 Å². The summed E-state index contributed by atoms with van der Waals surface area (Å²) in [7, 11) is 0. The first kappa shape index (κ1) is 13.1. The second-order valence-electron chi connectivity index (χ2n) is 6.31. The van der Waals surface area contributed by atoms with Crippen LogP contribution in [0.1, 0.15) is 57.1 Å². The Labute approximate surface area is 116 Å². The van der Waals surface area contributed by atoms with Crippen LogP contribution in [0, 0.1) is 5.41 Å². The molecule has 104 valence electrons. The first-order valence-electron chi connectivity index (χ1n) is 7.68. The van der Waals surface area contributed by atoms with Crippen LogP contribution in [-0.4, -0.2) is 12.1 Å². The summed E-state index contributed by atoms with van der Waals surface area (Å²) >= 11 is 0. The maximum atomic E-state index is 6.36. The van der Waals surface area contributed by atoms with Crippen molar-refractivity contribution >= 4 is 0 Å². The summed E-state index contributed by atoms with van der Waals surface area (Å²) in [4.78, 5) is 0. The van der Waals surface area contributed by atoms with E-state index in [2.05, 4.69) is 37.3 Å². The summed E-state index contributed by atoms with van der Waals surface area (Å²) in [6.07, 6.45) is 8.14. The van der Waals surface area contributed by atoms with Gasteiger partial charge in [-0.1, -0.05) is 49.6 Å². The molecule has 1 spiro atoms. The van der Waals surface area contributed by atoms with Gasteiger partial charge in [-0.2, -0.15) is 0 Å². The Kier molecular flexibility index (Phi) is 3.64. The van der Waals surface area contributed by atoms with Crippen molar-refractivity contribution in [2.75, 3.05) is 0 Å². The molecule has 0 amide bonds. The third kappa shape index (κ3) is 2.32. The van der Waals surface area contributed by atoms with Crippen molar-refractivity contribution < 1.29 is 4.74 Å². The average molecular weight is 259 g/mol. The molecule has 0 saturated heterocycles. The number of hydrogen-bond acceptors (Lipinski definition) is 2. The zero-order valence-corrected chi connectivity index (χ0v) is 11.8. The molecular formula is C17H25NO. The molecule has 0 radical (unpaired) electrons. The molecule has 2 fully saturated rings. The second kappa shape index (κ2) is 5.26. The minimum absolute atomic E-state index is 0.178. The van der Waals surface area contributed by atoms with Crippen molar-refractivity contribution in [3.63, 3.8) is 0 Å². The Bertz CT molecular complexity index is 411. The molecule has 19 heavy (non-hydrogen) atoms. The lowest BCUT2D eigenvalue weighted by Gasteiger charge is -2.57. The Balaban J connectivity index is 1.67. The van der Waals surface area contributed by atoms with E-state index in [-0.39, 0.29) is 6.10 Å². The maximum Gasteiger partial charge on any atom is 0.0800 e. The molecule has 2 heteroatoms. The van der Waals surface area contributed by atoms with Crippen LogP contribution < -0.4 is 5.73 Å². The van der Waals surface area contributed by atoms with Crippen LogP contribution in [0.25, 0.3) is 0 Å². The van der Waals surface area contributed by atoms with Gasteiger partial charge in [0, 0.05) is 11.5 Å². The van der Waals surface area contributed by atoms with Gasteiger partial charge in [0.05, 0.1) is 12.2 Å². The number of ether oxygens (including phenoxy) is 1. The van der Waals surface area contributed by atoms with Crippen LogP contribution in [0.15, 0.2) is 30.3 Å². The van der Waals surface area contributed by atoms with Crippen molar-refractivity contribution in [3.05, 3.63) is 35.9 Å². The predicted molar refractivity (Wildman–Crippen MR) is 77.8 cm³/mol. The van der Waals surface area contributed by atoms with Gasteiger partial charge < -0.3 is 10.5 Å². The second-order valence-corrected chi connectivity index (χ2v) is 6.31. The molecule has 0 aliphatic heterocycles. The zero-order chi connectivity index (χ0) is 13.3. The third-order valence-electron chi connectivity index (χ3n) is 5.27. The highest BCUT2D eigenvalue weighted by Gasteiger charge is 2.54. The molecule has 1 aromatic rings. The van der Waals surface area contributed by atoms with E-state index in [1.54, 1.807) is 0 Å². The molecule has 0 aromatic heterocycles. The molecule has 2 N–H and O–H groups in total. The van der Waals surface area contributed by atoms with Crippen LogP contribution in [0.5, 0.6) is 0 Å². The van der Waals surface area contributed by atoms with E-state index in [0.29, 0.717) is 17.6 Å². The smallest absolute Gasteiger partial charge is 0.0800 e. The molecule has 2 saturated carbocycles. The third-order valence-corrected chi connectivity index (χ3v) is 5.27. The summed E-state index contributed by atoms with van der Waals surface area (Å²) < 4.78 is 6.36. The molecule has 3 unspecified atom stereocenters. The van der Waals surface area contributed by atoms with Gasteiger partial charge in [0.25, 0.3) is 0 Å². The number of benzene rings is 1. The van der Waals surface area contributed by atoms with Gasteiger partial charge in [-0.25, -0.2) is 0 Å². The number of hydrogen-bond donors (Lipinski definition) is 1. The summed E-state index contributed by atoms with van der Waals surface area (Å²) in [6.45, 7) is 2.16. The van der Waals surface area contributed by atoms with Crippen LogP contribution in [0.3, 0.4) is 0 Å². The van der Waals surface area contributed by atoms with E-state index < -0.39 is 0 Å². The summed E-state index contributed by atoms with van der Waals surface area (Å²) in [5.74, 6) is 0. The first-order chi connectivity index (χ1) is 9.22. The van der Waals surface area contributed by atoms with Crippen LogP contribution >= 0.6 is 0 Å². The minimum Gasteiger partial charge on any atom is -0.370 e. The van der Waals surface area contributed by atoms with Gasteiger partial charge in [-0.05, 0) is 31.7 Å². The van der Waals surface area contributed by atoms with E-state index >= 15 is 0 Å². The molecule has 0 bridgehead atoms. The number of rotatable bonds is 3. The fourth-order valence-corrected chi connectivity index (χ4v) is 3.92. The fraction of sp³-hybridized carbons (Fsp3) is 0.647. The van der Waals surface area contributed by atoms with Crippen LogP contribution in [-0.2, 0) is 4.74 Å². The molecule has 0 heterocycles. The van der Waals surface area contributed by atoms with E-state index in [1.165, 1.54) is 37.7 Å². The first-order valence-corrected chi connectivity index (χ1v) is 7.68. The quantitative estimate of drug-likeness (QED) is 0.895. The lowest BCUT2D eigenvalue weighted by Crippen LogP contribution is -2.63. The normalized spacial score (nSPS) is 30.8. The van der Waals surface area contributed by atoms with Gasteiger partial charge >= 0.3 is 0 Å². The largest absolute Gasteiger partial charge is 0.370 e. The van der Waals surface area contributed by atoms with Gasteiger partial charge in [0.2, 0.25) is 0 Å². The van der Waals surface area contributed by atoms with Crippen molar-refractivity contribution in [2.24, 2.45) is 11.1 Å². The van der Waals surface area contributed by atoms with E-state index in [0.717, 1.165) is 6.42 Å². The monoisotopic (exact) mass is 259 g/mol. The van der Waals surface area contributed by atoms with Gasteiger partial charge in [-0.3, -0.25) is 0 Å². The van der Waals surface area contributed by atoms with Gasteiger partial charge in [0.15, 0.2) is 0 Å². The summed E-state index contributed by atoms with van der Waals surface area (Å²) in [6, 6.07) is 10.9. The van der Waals surface area contributed by atoms with E-state index in [4.69, 9.17) is 10.5 Å². The lowest BCUT2D eigenvalue weighted by molar-refractivity contribution is -0.166. The molecule has 3 atom stereocenters. The topological polar surface area (TPSA) is 35.2 Å². The fourth-order valence-electron chi connectivity index (χ4n) is 3.92. The molecule has 1 aromatic carbocycles. The molecule has 3 rings (SSSR count). The highest BCUT2D eigenvalue weighted by molar-refractivity contribution is 5.17. The zero-order valence-electron chi connectivity index (χ0n) is 11.8. The number of nitrogens with two attached hydrogens (primary N) is 1. The molecular weight excluding hydrogens is 234 g/mol. The summed E-state index contributed by atoms with van der Waals surface area (Å²) in [5.41, 5.74) is 7.88. The van der Waals surface area contributed by atoms with Gasteiger partial charge in [0.1, 0.15) is 0 Å². The summed E-state index contributed by atoms with van der Waals surface area (Å²) in [5, 5.41) is 0. The van der Waals surface area contributed by atoms with E-state index in [1.807, 2.05) is 0 Å². The van der Waals surface area contributed by atoms with Crippen molar-refractivity contribution in [1.82, 2.24) is 0 Å². The van der Waals surface area contributed by atoms with Crippen LogP contribution in [0.2, 0.25) is 0 Å². The van der Waals surface area contributed by atoms with Crippen molar-refractivity contribution in [3.8, 4) is 0 Å². The predicted octanol–water partition coefficient (Wildman–Crippen LogP) is 3.81. The highest BCUT2D eigenvalue weighted by atomic mass is 16.5. The Morgan fingerprint density at radius 1 is 1.16 bits per heavy atom. The lowest BCUT2D eigenvalue weighted by atomic mass is 9.55. The van der Waals surface area contributed by atoms with Crippen molar-refractivity contribution in [1.29, 1.82) is 0 Å². The molecule has 2 nitrogen and oxygen atoms in total. The standard InChI is InChI=1S/C17H25NO/c1-13(14-8-4-2-5-9-14)19-16-12-15(18)17(16)10-6-3-7-11-17/h2,4-5,8-9,13,15-16H,3,6-7,10-12,18H2,1H3. The maximum absolute atomic E-state index is 6.36. The highest BCUT2D eigenvalue weighted by Crippen LogP contribution is 2.53. The molecule has 2 aliphatic rings. The van der Waals surface area contributed by atoms with E-state index in [9.17, 15) is 0 Å². The Morgan fingerprint density at radius 2 is 1.84 bits per heavy atom. The molecule has 2 aliphatic carbocycles. The average Bonchev–Trinajstić information content (AvgIpc) is 2.48. The van der Waals surface area contributed by atoms with Gasteiger partial charge in [-0.15, -0.1) is 0 Å². The Hall–Kier alpha value is -0.860. The SMILES string of the molecule is CC(OC1CC(N)C12CCCCC2)c1ccccc1.